The molecule has 1 saturated heterocycles. The van der Waals surface area contributed by atoms with Crippen molar-refractivity contribution in [2.45, 2.75) is 13.0 Å². The first-order valence-electron chi connectivity index (χ1n) is 6.60. The molecule has 6 heteroatoms. The van der Waals surface area contributed by atoms with E-state index in [9.17, 15) is 9.59 Å². The van der Waals surface area contributed by atoms with E-state index in [1.807, 2.05) is 24.3 Å². The zero-order valence-corrected chi connectivity index (χ0v) is 12.0. The van der Waals surface area contributed by atoms with E-state index < -0.39 is 0 Å². The van der Waals surface area contributed by atoms with E-state index in [1.54, 1.807) is 9.80 Å². The first-order valence-corrected chi connectivity index (χ1v) is 6.98. The molecule has 0 aliphatic carbocycles. The second-order valence-corrected chi connectivity index (χ2v) is 5.23. The maximum absolute atomic E-state index is 12.1. The van der Waals surface area contributed by atoms with Gasteiger partial charge in [-0.2, -0.15) is 0 Å². The van der Waals surface area contributed by atoms with Crippen molar-refractivity contribution in [2.24, 2.45) is 5.73 Å². The third-order valence-electron chi connectivity index (χ3n) is 3.32. The Bertz CT molecular complexity index is 490. The van der Waals surface area contributed by atoms with Gasteiger partial charge in [0, 0.05) is 37.6 Å². The number of nitrogens with two attached hydrogens (primary N) is 1. The molecule has 2 N–H and O–H groups in total. The smallest absolute Gasteiger partial charge is 0.242 e. The van der Waals surface area contributed by atoms with Gasteiger partial charge in [0.2, 0.25) is 11.8 Å². The van der Waals surface area contributed by atoms with E-state index in [-0.39, 0.29) is 18.4 Å². The summed E-state index contributed by atoms with van der Waals surface area (Å²) in [5.74, 6) is -0.0800. The average Bonchev–Trinajstić information content (AvgIpc) is 2.43. The summed E-state index contributed by atoms with van der Waals surface area (Å²) in [5, 5.41) is 0.678. The van der Waals surface area contributed by atoms with Gasteiger partial charge in [0.1, 0.15) is 0 Å². The van der Waals surface area contributed by atoms with E-state index in [4.69, 9.17) is 17.3 Å². The van der Waals surface area contributed by atoms with Crippen LogP contribution in [0.15, 0.2) is 24.3 Å². The van der Waals surface area contributed by atoms with Gasteiger partial charge >= 0.3 is 0 Å². The van der Waals surface area contributed by atoms with Crippen LogP contribution >= 0.6 is 11.6 Å². The summed E-state index contributed by atoms with van der Waals surface area (Å²) < 4.78 is 0. The minimum absolute atomic E-state index is 0.0310. The molecule has 1 heterocycles. The largest absolute Gasteiger partial charge is 0.335 e. The van der Waals surface area contributed by atoms with Crippen LogP contribution in [0.3, 0.4) is 0 Å². The SMILES string of the molecule is NCCC(=O)N1CCN(Cc2ccc(Cl)cc2)C(=O)C1. The van der Waals surface area contributed by atoms with Crippen molar-refractivity contribution >= 4 is 23.4 Å². The van der Waals surface area contributed by atoms with Crippen LogP contribution in [0.25, 0.3) is 0 Å². The molecule has 0 spiro atoms. The van der Waals surface area contributed by atoms with Crippen LogP contribution in [0, 0.1) is 0 Å². The fraction of sp³-hybridized carbons (Fsp3) is 0.429. The van der Waals surface area contributed by atoms with Crippen molar-refractivity contribution < 1.29 is 9.59 Å². The van der Waals surface area contributed by atoms with Crippen molar-refractivity contribution in [1.29, 1.82) is 0 Å². The van der Waals surface area contributed by atoms with Crippen molar-refractivity contribution in [2.75, 3.05) is 26.2 Å². The van der Waals surface area contributed by atoms with Gasteiger partial charge < -0.3 is 15.5 Å². The Morgan fingerprint density at radius 3 is 2.55 bits per heavy atom. The van der Waals surface area contributed by atoms with Gasteiger partial charge in [-0.05, 0) is 17.7 Å². The number of amides is 2. The van der Waals surface area contributed by atoms with Crippen LogP contribution in [0.4, 0.5) is 0 Å². The molecule has 0 atom stereocenters. The predicted octanol–water partition coefficient (Wildman–Crippen LogP) is 0.860. The molecule has 2 rings (SSSR count). The van der Waals surface area contributed by atoms with E-state index in [0.717, 1.165) is 5.56 Å². The number of nitrogens with zero attached hydrogens (tertiary/aromatic N) is 2. The summed E-state index contributed by atoms with van der Waals surface area (Å²) in [6.07, 6.45) is 0.296. The molecule has 2 amide bonds. The highest BCUT2D eigenvalue weighted by Crippen LogP contribution is 2.13. The molecular formula is C14H18ClN3O2. The Kier molecular flexibility index (Phi) is 4.98. The van der Waals surface area contributed by atoms with Crippen LogP contribution < -0.4 is 5.73 Å². The lowest BCUT2D eigenvalue weighted by Gasteiger charge is -2.34. The summed E-state index contributed by atoms with van der Waals surface area (Å²) in [6, 6.07) is 7.42. The zero-order chi connectivity index (χ0) is 14.5. The second kappa shape index (κ2) is 6.72. The van der Waals surface area contributed by atoms with Gasteiger partial charge in [-0.3, -0.25) is 9.59 Å². The molecule has 108 valence electrons. The molecule has 0 aromatic heterocycles. The van der Waals surface area contributed by atoms with Crippen LogP contribution in [0.5, 0.6) is 0 Å². The summed E-state index contributed by atoms with van der Waals surface area (Å²) in [6.45, 7) is 2.13. The molecule has 1 aromatic carbocycles. The highest BCUT2D eigenvalue weighted by molar-refractivity contribution is 6.30. The lowest BCUT2D eigenvalue weighted by molar-refractivity contribution is -0.145. The molecule has 1 aromatic rings. The van der Waals surface area contributed by atoms with Crippen LogP contribution in [0.2, 0.25) is 5.02 Å². The Labute approximate surface area is 123 Å². The fourth-order valence-corrected chi connectivity index (χ4v) is 2.31. The van der Waals surface area contributed by atoms with Crippen molar-refractivity contribution in [3.8, 4) is 0 Å². The Balaban J connectivity index is 1.91. The lowest BCUT2D eigenvalue weighted by Crippen LogP contribution is -2.52. The molecule has 0 radical (unpaired) electrons. The fourth-order valence-electron chi connectivity index (χ4n) is 2.18. The van der Waals surface area contributed by atoms with Gasteiger partial charge in [0.25, 0.3) is 0 Å². The first kappa shape index (κ1) is 14.8. The Morgan fingerprint density at radius 1 is 1.25 bits per heavy atom. The van der Waals surface area contributed by atoms with E-state index in [2.05, 4.69) is 0 Å². The molecule has 20 heavy (non-hydrogen) atoms. The van der Waals surface area contributed by atoms with Gasteiger partial charge in [-0.15, -0.1) is 0 Å². The third kappa shape index (κ3) is 3.71. The van der Waals surface area contributed by atoms with Gasteiger partial charge in [-0.1, -0.05) is 23.7 Å². The first-order chi connectivity index (χ1) is 9.60. The van der Waals surface area contributed by atoms with Crippen LogP contribution in [0.1, 0.15) is 12.0 Å². The van der Waals surface area contributed by atoms with E-state index in [1.165, 1.54) is 0 Å². The summed E-state index contributed by atoms with van der Waals surface area (Å²) in [4.78, 5) is 27.1. The van der Waals surface area contributed by atoms with Crippen LogP contribution in [-0.2, 0) is 16.1 Å². The summed E-state index contributed by atoms with van der Waals surface area (Å²) >= 11 is 5.83. The molecule has 5 nitrogen and oxygen atoms in total. The second-order valence-electron chi connectivity index (χ2n) is 4.80. The maximum atomic E-state index is 12.1. The number of halogens is 1. The van der Waals surface area contributed by atoms with Gasteiger partial charge in [0.15, 0.2) is 0 Å². The van der Waals surface area contributed by atoms with E-state index in [0.29, 0.717) is 37.6 Å². The van der Waals surface area contributed by atoms with Crippen molar-refractivity contribution in [3.63, 3.8) is 0 Å². The lowest BCUT2D eigenvalue weighted by atomic mass is 10.2. The quantitative estimate of drug-likeness (QED) is 0.896. The Morgan fingerprint density at radius 2 is 1.95 bits per heavy atom. The number of carbonyl (C=O) groups excluding carboxylic acids is 2. The summed E-state index contributed by atoms with van der Waals surface area (Å²) in [7, 11) is 0. The topological polar surface area (TPSA) is 66.6 Å². The number of hydrogen-bond acceptors (Lipinski definition) is 3. The van der Waals surface area contributed by atoms with Crippen molar-refractivity contribution in [3.05, 3.63) is 34.9 Å². The van der Waals surface area contributed by atoms with E-state index >= 15 is 0 Å². The number of rotatable bonds is 4. The molecule has 0 saturated carbocycles. The highest BCUT2D eigenvalue weighted by Gasteiger charge is 2.26. The molecule has 1 aliphatic rings. The molecule has 1 aliphatic heterocycles. The van der Waals surface area contributed by atoms with Gasteiger partial charge in [0.05, 0.1) is 6.54 Å². The third-order valence-corrected chi connectivity index (χ3v) is 3.57. The van der Waals surface area contributed by atoms with Crippen LogP contribution in [-0.4, -0.2) is 47.8 Å². The highest BCUT2D eigenvalue weighted by atomic mass is 35.5. The maximum Gasteiger partial charge on any atom is 0.242 e. The monoisotopic (exact) mass is 295 g/mol. The minimum atomic E-state index is -0.0491. The normalized spacial score (nSPS) is 15.6. The average molecular weight is 296 g/mol. The van der Waals surface area contributed by atoms with Crippen molar-refractivity contribution in [1.82, 2.24) is 9.80 Å². The summed E-state index contributed by atoms with van der Waals surface area (Å²) in [5.41, 5.74) is 6.39. The molecule has 0 bridgehead atoms. The minimum Gasteiger partial charge on any atom is -0.335 e. The molecule has 1 fully saturated rings. The number of piperazine rings is 1. The zero-order valence-electron chi connectivity index (χ0n) is 11.2. The standard InChI is InChI=1S/C14H18ClN3O2/c15-12-3-1-11(2-4-12)9-17-7-8-18(10-14(17)20)13(19)5-6-16/h1-4H,5-10,16H2. The predicted molar refractivity (Wildman–Crippen MR) is 77.1 cm³/mol. The number of hydrogen-bond donors (Lipinski definition) is 1. The molecular weight excluding hydrogens is 278 g/mol. The number of benzene rings is 1. The number of carbonyl (C=O) groups is 2. The molecule has 0 unspecified atom stereocenters. The van der Waals surface area contributed by atoms with Gasteiger partial charge in [-0.25, -0.2) is 0 Å². The Hall–Kier alpha value is -1.59.